The summed E-state index contributed by atoms with van der Waals surface area (Å²) in [6, 6.07) is 2.33. The van der Waals surface area contributed by atoms with Crippen molar-refractivity contribution in [1.29, 1.82) is 0 Å². The first-order valence-corrected chi connectivity index (χ1v) is 5.09. The minimum Gasteiger partial charge on any atom is -0.478 e. The van der Waals surface area contributed by atoms with Gasteiger partial charge in [0.1, 0.15) is 11.9 Å². The van der Waals surface area contributed by atoms with Crippen molar-refractivity contribution in [2.45, 2.75) is 13.0 Å². The van der Waals surface area contributed by atoms with Crippen LogP contribution < -0.4 is 5.32 Å². The molecule has 0 aliphatic rings. The van der Waals surface area contributed by atoms with Crippen LogP contribution in [0, 0.1) is 0 Å². The van der Waals surface area contributed by atoms with Crippen molar-refractivity contribution >= 4 is 17.7 Å². The van der Waals surface area contributed by atoms with E-state index in [2.05, 4.69) is 10.3 Å². The number of aromatic nitrogens is 1. The fourth-order valence-corrected chi connectivity index (χ4v) is 1.31. The number of hydrogen-bond acceptors (Lipinski definition) is 4. The van der Waals surface area contributed by atoms with Gasteiger partial charge >= 0.3 is 5.97 Å². The van der Waals surface area contributed by atoms with Crippen molar-refractivity contribution < 1.29 is 14.7 Å². The van der Waals surface area contributed by atoms with Crippen molar-refractivity contribution in [3.63, 3.8) is 0 Å². The summed E-state index contributed by atoms with van der Waals surface area (Å²) >= 11 is 0. The number of aromatic carboxylic acids is 1. The van der Waals surface area contributed by atoms with Gasteiger partial charge in [-0.25, -0.2) is 9.78 Å². The van der Waals surface area contributed by atoms with Crippen LogP contribution in [0.5, 0.6) is 0 Å². The largest absolute Gasteiger partial charge is 0.478 e. The Morgan fingerprint density at radius 3 is 2.65 bits per heavy atom. The molecule has 0 radical (unpaired) electrons. The number of carboxylic acid groups (broad SMARTS) is 1. The van der Waals surface area contributed by atoms with Crippen LogP contribution in [0.15, 0.2) is 18.3 Å². The van der Waals surface area contributed by atoms with Crippen molar-refractivity contribution in [3.05, 3.63) is 23.9 Å². The van der Waals surface area contributed by atoms with E-state index in [1.54, 1.807) is 21.0 Å². The number of pyridine rings is 1. The van der Waals surface area contributed by atoms with E-state index in [1.807, 2.05) is 0 Å². The molecule has 92 valence electrons. The number of carbonyl (C=O) groups excluding carboxylic acids is 1. The summed E-state index contributed by atoms with van der Waals surface area (Å²) in [5.41, 5.74) is 0.131. The van der Waals surface area contributed by atoms with Gasteiger partial charge in [0.25, 0.3) is 0 Å². The molecule has 6 heteroatoms. The monoisotopic (exact) mass is 237 g/mol. The van der Waals surface area contributed by atoms with Crippen LogP contribution in [0.1, 0.15) is 17.3 Å². The Bertz CT molecular complexity index is 432. The molecular weight excluding hydrogens is 222 g/mol. The molecular formula is C11H15N3O3. The van der Waals surface area contributed by atoms with E-state index in [-0.39, 0.29) is 11.5 Å². The number of carbonyl (C=O) groups is 2. The number of rotatable bonds is 4. The predicted molar refractivity (Wildman–Crippen MR) is 63.0 cm³/mol. The van der Waals surface area contributed by atoms with Gasteiger partial charge in [-0.05, 0) is 19.1 Å². The number of carboxylic acids is 1. The minimum atomic E-state index is -1.03. The van der Waals surface area contributed by atoms with Gasteiger partial charge in [-0.3, -0.25) is 4.79 Å². The van der Waals surface area contributed by atoms with Crippen LogP contribution >= 0.6 is 0 Å². The Hall–Kier alpha value is -2.11. The van der Waals surface area contributed by atoms with Gasteiger partial charge in [0, 0.05) is 20.3 Å². The average Bonchev–Trinajstić information content (AvgIpc) is 2.28. The molecule has 0 bridgehead atoms. The summed E-state index contributed by atoms with van der Waals surface area (Å²) in [7, 11) is 3.31. The molecule has 0 fully saturated rings. The molecule has 1 heterocycles. The van der Waals surface area contributed by atoms with Crippen molar-refractivity contribution in [3.8, 4) is 0 Å². The molecule has 1 amide bonds. The summed E-state index contributed by atoms with van der Waals surface area (Å²) in [6.45, 7) is 1.69. The number of anilines is 1. The fourth-order valence-electron chi connectivity index (χ4n) is 1.31. The molecule has 1 atom stereocenters. The maximum absolute atomic E-state index is 11.6. The van der Waals surface area contributed by atoms with Crippen LogP contribution in [0.3, 0.4) is 0 Å². The first kappa shape index (κ1) is 13.0. The Morgan fingerprint density at radius 1 is 1.47 bits per heavy atom. The smallest absolute Gasteiger partial charge is 0.335 e. The van der Waals surface area contributed by atoms with E-state index in [0.717, 1.165) is 0 Å². The van der Waals surface area contributed by atoms with E-state index in [1.165, 1.54) is 23.2 Å². The second kappa shape index (κ2) is 5.29. The average molecular weight is 237 g/mol. The minimum absolute atomic E-state index is 0.104. The standard InChI is InChI=1S/C11H15N3O3/c1-7(10(15)14(2)3)13-9-6-8(11(16)17)4-5-12-9/h4-7H,1-3H3,(H,12,13)(H,16,17). The molecule has 0 saturated carbocycles. The Labute approximate surface area is 99.3 Å². The van der Waals surface area contributed by atoms with Crippen LogP contribution in [-0.2, 0) is 4.79 Å². The van der Waals surface area contributed by atoms with Gasteiger partial charge < -0.3 is 15.3 Å². The first-order chi connectivity index (χ1) is 7.91. The molecule has 0 aromatic carbocycles. The van der Waals surface area contributed by atoms with Gasteiger partial charge in [0.2, 0.25) is 5.91 Å². The highest BCUT2D eigenvalue weighted by molar-refractivity contribution is 5.89. The van der Waals surface area contributed by atoms with Crippen molar-refractivity contribution in [2.75, 3.05) is 19.4 Å². The fraction of sp³-hybridized carbons (Fsp3) is 0.364. The molecule has 1 rings (SSSR count). The molecule has 6 nitrogen and oxygen atoms in total. The number of amides is 1. The SMILES string of the molecule is CC(Nc1cc(C(=O)O)ccn1)C(=O)N(C)C. The Morgan fingerprint density at radius 2 is 2.12 bits per heavy atom. The van der Waals surface area contributed by atoms with Gasteiger partial charge in [-0.15, -0.1) is 0 Å². The van der Waals surface area contributed by atoms with Crippen molar-refractivity contribution in [2.24, 2.45) is 0 Å². The third-order valence-electron chi connectivity index (χ3n) is 2.18. The summed E-state index contributed by atoms with van der Waals surface area (Å²) in [6.07, 6.45) is 1.39. The van der Waals surface area contributed by atoms with E-state index in [4.69, 9.17) is 5.11 Å². The molecule has 17 heavy (non-hydrogen) atoms. The lowest BCUT2D eigenvalue weighted by Crippen LogP contribution is -2.36. The maximum Gasteiger partial charge on any atom is 0.335 e. The second-order valence-corrected chi connectivity index (χ2v) is 3.83. The third-order valence-corrected chi connectivity index (χ3v) is 2.18. The highest BCUT2D eigenvalue weighted by Crippen LogP contribution is 2.08. The summed E-state index contributed by atoms with van der Waals surface area (Å²) in [5.74, 6) is -0.762. The zero-order chi connectivity index (χ0) is 13.0. The van der Waals surface area contributed by atoms with E-state index in [0.29, 0.717) is 5.82 Å². The lowest BCUT2D eigenvalue weighted by molar-refractivity contribution is -0.129. The molecule has 0 aliphatic carbocycles. The highest BCUT2D eigenvalue weighted by Gasteiger charge is 2.15. The lowest BCUT2D eigenvalue weighted by atomic mass is 10.2. The number of likely N-dealkylation sites (N-methyl/N-ethyl adjacent to an activating group) is 1. The number of hydrogen-bond donors (Lipinski definition) is 2. The van der Waals surface area contributed by atoms with Crippen molar-refractivity contribution in [1.82, 2.24) is 9.88 Å². The van der Waals surface area contributed by atoms with Gasteiger partial charge in [-0.1, -0.05) is 0 Å². The van der Waals surface area contributed by atoms with Gasteiger partial charge in [0.15, 0.2) is 0 Å². The van der Waals surface area contributed by atoms with E-state index >= 15 is 0 Å². The molecule has 0 saturated heterocycles. The summed E-state index contributed by atoms with van der Waals surface area (Å²) in [4.78, 5) is 27.8. The number of nitrogens with zero attached hydrogens (tertiary/aromatic N) is 2. The molecule has 2 N–H and O–H groups in total. The first-order valence-electron chi connectivity index (χ1n) is 5.09. The summed E-state index contributed by atoms with van der Waals surface area (Å²) < 4.78 is 0. The Kier molecular flexibility index (Phi) is 4.03. The quantitative estimate of drug-likeness (QED) is 0.804. The van der Waals surface area contributed by atoms with E-state index < -0.39 is 12.0 Å². The number of nitrogens with one attached hydrogen (secondary N) is 1. The van der Waals surface area contributed by atoms with Crippen LogP contribution in [0.4, 0.5) is 5.82 Å². The van der Waals surface area contributed by atoms with Gasteiger partial charge in [0.05, 0.1) is 5.56 Å². The van der Waals surface area contributed by atoms with Crippen LogP contribution in [0.2, 0.25) is 0 Å². The third kappa shape index (κ3) is 3.44. The zero-order valence-electron chi connectivity index (χ0n) is 9.97. The van der Waals surface area contributed by atoms with E-state index in [9.17, 15) is 9.59 Å². The topological polar surface area (TPSA) is 82.5 Å². The highest BCUT2D eigenvalue weighted by atomic mass is 16.4. The predicted octanol–water partition coefficient (Wildman–Crippen LogP) is 0.668. The molecule has 0 aliphatic heterocycles. The maximum atomic E-state index is 11.6. The second-order valence-electron chi connectivity index (χ2n) is 3.83. The molecule has 1 aromatic heterocycles. The van der Waals surface area contributed by atoms with Crippen LogP contribution in [0.25, 0.3) is 0 Å². The van der Waals surface area contributed by atoms with Crippen LogP contribution in [-0.4, -0.2) is 47.0 Å². The molecule has 1 aromatic rings. The summed E-state index contributed by atoms with van der Waals surface area (Å²) in [5, 5.41) is 11.7. The normalized spacial score (nSPS) is 11.7. The zero-order valence-corrected chi connectivity index (χ0v) is 9.97. The van der Waals surface area contributed by atoms with Gasteiger partial charge in [-0.2, -0.15) is 0 Å². The molecule has 0 spiro atoms. The Balaban J connectivity index is 2.78. The molecule has 1 unspecified atom stereocenters. The lowest BCUT2D eigenvalue weighted by Gasteiger charge is -2.18.